The first-order chi connectivity index (χ1) is 6.13. The quantitative estimate of drug-likeness (QED) is 0.610. The second kappa shape index (κ2) is 4.58. The van der Waals surface area contributed by atoms with Crippen LogP contribution in [0.1, 0.15) is 26.2 Å². The predicted molar refractivity (Wildman–Crippen MR) is 50.2 cm³/mol. The number of methoxy groups -OCH3 is 1. The summed E-state index contributed by atoms with van der Waals surface area (Å²) >= 11 is 0. The van der Waals surface area contributed by atoms with Gasteiger partial charge in [0.15, 0.2) is 0 Å². The highest BCUT2D eigenvalue weighted by atomic mass is 16.5. The first-order valence-corrected chi connectivity index (χ1v) is 4.73. The van der Waals surface area contributed by atoms with E-state index in [0.717, 1.165) is 19.3 Å². The lowest BCUT2D eigenvalue weighted by Gasteiger charge is -2.17. The Morgan fingerprint density at radius 1 is 1.62 bits per heavy atom. The molecular weight excluding hydrogens is 168 g/mol. The van der Waals surface area contributed by atoms with Crippen molar-refractivity contribution in [2.24, 2.45) is 5.73 Å². The molecule has 0 aromatic heterocycles. The van der Waals surface area contributed by atoms with Crippen molar-refractivity contribution in [3.63, 3.8) is 0 Å². The summed E-state index contributed by atoms with van der Waals surface area (Å²) in [5.74, 6) is -0.208. The van der Waals surface area contributed by atoms with E-state index < -0.39 is 0 Å². The van der Waals surface area contributed by atoms with Gasteiger partial charge in [0, 0.05) is 12.1 Å². The zero-order chi connectivity index (χ0) is 9.84. The van der Waals surface area contributed by atoms with Crippen LogP contribution < -0.4 is 11.1 Å². The molecule has 0 amide bonds. The summed E-state index contributed by atoms with van der Waals surface area (Å²) in [5, 5.41) is 3.21. The number of ether oxygens (including phenoxy) is 1. The van der Waals surface area contributed by atoms with Crippen LogP contribution >= 0.6 is 0 Å². The van der Waals surface area contributed by atoms with E-state index in [1.54, 1.807) is 0 Å². The van der Waals surface area contributed by atoms with E-state index in [9.17, 15) is 4.79 Å². The van der Waals surface area contributed by atoms with Crippen LogP contribution in [0.25, 0.3) is 0 Å². The average Bonchev–Trinajstić information content (AvgIpc) is 2.49. The largest absolute Gasteiger partial charge is 0.468 e. The highest BCUT2D eigenvalue weighted by molar-refractivity contribution is 5.75. The average molecular weight is 186 g/mol. The van der Waals surface area contributed by atoms with E-state index in [-0.39, 0.29) is 12.0 Å². The van der Waals surface area contributed by atoms with Crippen LogP contribution in [0.3, 0.4) is 0 Å². The molecule has 1 fully saturated rings. The summed E-state index contributed by atoms with van der Waals surface area (Å²) in [5.41, 5.74) is 5.75. The fraction of sp³-hybridized carbons (Fsp3) is 0.889. The molecule has 76 valence electrons. The third kappa shape index (κ3) is 2.97. The van der Waals surface area contributed by atoms with Gasteiger partial charge in [-0.3, -0.25) is 4.79 Å². The number of rotatable bonds is 3. The number of carbonyl (C=O) groups excluding carboxylic acids is 1. The third-order valence-corrected chi connectivity index (χ3v) is 2.51. The summed E-state index contributed by atoms with van der Waals surface area (Å²) in [7, 11) is 1.40. The maximum Gasteiger partial charge on any atom is 0.322 e. The van der Waals surface area contributed by atoms with Crippen molar-refractivity contribution in [3.05, 3.63) is 0 Å². The zero-order valence-corrected chi connectivity index (χ0v) is 8.25. The lowest BCUT2D eigenvalue weighted by Crippen LogP contribution is -2.41. The van der Waals surface area contributed by atoms with Gasteiger partial charge < -0.3 is 15.8 Å². The van der Waals surface area contributed by atoms with Crippen molar-refractivity contribution in [1.82, 2.24) is 5.32 Å². The predicted octanol–water partition coefficient (Wildman–Crippen LogP) is 0.0173. The van der Waals surface area contributed by atoms with E-state index >= 15 is 0 Å². The molecule has 1 aliphatic rings. The van der Waals surface area contributed by atoms with Gasteiger partial charge in [-0.1, -0.05) is 0 Å². The third-order valence-electron chi connectivity index (χ3n) is 2.51. The van der Waals surface area contributed by atoms with Crippen molar-refractivity contribution in [1.29, 1.82) is 0 Å². The molecule has 1 rings (SSSR count). The second-order valence-electron chi connectivity index (χ2n) is 3.68. The Kier molecular flexibility index (Phi) is 3.69. The molecule has 4 nitrogen and oxygen atoms in total. The molecule has 0 spiro atoms. The summed E-state index contributed by atoms with van der Waals surface area (Å²) < 4.78 is 4.62. The van der Waals surface area contributed by atoms with E-state index in [4.69, 9.17) is 5.73 Å². The van der Waals surface area contributed by atoms with Gasteiger partial charge in [0.2, 0.25) is 0 Å². The summed E-state index contributed by atoms with van der Waals surface area (Å²) in [6.07, 6.45) is 3.06. The molecule has 3 unspecified atom stereocenters. The van der Waals surface area contributed by atoms with E-state index in [2.05, 4.69) is 10.1 Å². The number of hydrogen-bond donors (Lipinski definition) is 2. The second-order valence-corrected chi connectivity index (χ2v) is 3.68. The van der Waals surface area contributed by atoms with Crippen LogP contribution in [0.2, 0.25) is 0 Å². The standard InChI is InChI=1S/C9H18N2O2/c1-6(9(12)13-2)11-8-4-3-7(10)5-8/h6-8,11H,3-5,10H2,1-2H3. The molecule has 1 aliphatic carbocycles. The summed E-state index contributed by atoms with van der Waals surface area (Å²) in [6, 6.07) is 0.451. The Morgan fingerprint density at radius 3 is 2.77 bits per heavy atom. The normalized spacial score (nSPS) is 30.1. The SMILES string of the molecule is COC(=O)C(C)NC1CCC(N)C1. The molecule has 0 heterocycles. The fourth-order valence-corrected chi connectivity index (χ4v) is 1.77. The molecule has 0 aromatic rings. The first kappa shape index (κ1) is 10.5. The van der Waals surface area contributed by atoms with E-state index in [1.165, 1.54) is 7.11 Å². The van der Waals surface area contributed by atoms with Crippen molar-refractivity contribution in [2.75, 3.05) is 7.11 Å². The van der Waals surface area contributed by atoms with Crippen molar-refractivity contribution in [3.8, 4) is 0 Å². The van der Waals surface area contributed by atoms with Crippen LogP contribution in [0, 0.1) is 0 Å². The Balaban J connectivity index is 2.28. The topological polar surface area (TPSA) is 64.3 Å². The molecule has 1 saturated carbocycles. The number of esters is 1. The molecule has 0 saturated heterocycles. The number of carbonyl (C=O) groups is 1. The highest BCUT2D eigenvalue weighted by Gasteiger charge is 2.24. The fourth-order valence-electron chi connectivity index (χ4n) is 1.77. The smallest absolute Gasteiger partial charge is 0.322 e. The molecule has 3 atom stereocenters. The molecule has 3 N–H and O–H groups in total. The Morgan fingerprint density at radius 2 is 2.31 bits per heavy atom. The molecular formula is C9H18N2O2. The van der Waals surface area contributed by atoms with Crippen LogP contribution in [0.15, 0.2) is 0 Å². The zero-order valence-electron chi connectivity index (χ0n) is 8.25. The lowest BCUT2D eigenvalue weighted by molar-refractivity contribution is -0.142. The first-order valence-electron chi connectivity index (χ1n) is 4.73. The lowest BCUT2D eigenvalue weighted by atomic mass is 10.2. The Labute approximate surface area is 78.8 Å². The molecule has 4 heteroatoms. The minimum atomic E-state index is -0.222. The molecule has 0 bridgehead atoms. The van der Waals surface area contributed by atoms with Gasteiger partial charge in [0.1, 0.15) is 6.04 Å². The molecule has 0 radical (unpaired) electrons. The highest BCUT2D eigenvalue weighted by Crippen LogP contribution is 2.17. The van der Waals surface area contributed by atoms with Crippen molar-refractivity contribution >= 4 is 5.97 Å². The molecule has 0 aromatic carbocycles. The maximum atomic E-state index is 11.1. The van der Waals surface area contributed by atoms with Gasteiger partial charge in [-0.2, -0.15) is 0 Å². The van der Waals surface area contributed by atoms with Gasteiger partial charge in [-0.15, -0.1) is 0 Å². The van der Waals surface area contributed by atoms with Crippen LogP contribution in [0.4, 0.5) is 0 Å². The minimum Gasteiger partial charge on any atom is -0.468 e. The van der Waals surface area contributed by atoms with Gasteiger partial charge in [-0.25, -0.2) is 0 Å². The van der Waals surface area contributed by atoms with E-state index in [1.807, 2.05) is 6.92 Å². The van der Waals surface area contributed by atoms with Crippen molar-refractivity contribution in [2.45, 2.75) is 44.3 Å². The van der Waals surface area contributed by atoms with Gasteiger partial charge >= 0.3 is 5.97 Å². The Hall–Kier alpha value is -0.610. The van der Waals surface area contributed by atoms with E-state index in [0.29, 0.717) is 12.1 Å². The van der Waals surface area contributed by atoms with Crippen LogP contribution in [-0.2, 0) is 9.53 Å². The van der Waals surface area contributed by atoms with Gasteiger partial charge in [0.25, 0.3) is 0 Å². The molecule has 13 heavy (non-hydrogen) atoms. The van der Waals surface area contributed by atoms with Crippen LogP contribution in [-0.4, -0.2) is 31.2 Å². The summed E-state index contributed by atoms with van der Waals surface area (Å²) in [4.78, 5) is 11.1. The Bertz CT molecular complexity index is 184. The van der Waals surface area contributed by atoms with Crippen molar-refractivity contribution < 1.29 is 9.53 Å². The van der Waals surface area contributed by atoms with Gasteiger partial charge in [-0.05, 0) is 26.2 Å². The number of hydrogen-bond acceptors (Lipinski definition) is 4. The monoisotopic (exact) mass is 186 g/mol. The minimum absolute atomic E-state index is 0.208. The number of nitrogens with one attached hydrogen (secondary N) is 1. The molecule has 0 aliphatic heterocycles. The van der Waals surface area contributed by atoms with Crippen LogP contribution in [0.5, 0.6) is 0 Å². The summed E-state index contributed by atoms with van der Waals surface area (Å²) in [6.45, 7) is 1.82. The van der Waals surface area contributed by atoms with Gasteiger partial charge in [0.05, 0.1) is 7.11 Å². The maximum absolute atomic E-state index is 11.1. The number of nitrogens with two attached hydrogens (primary N) is 1.